The summed E-state index contributed by atoms with van der Waals surface area (Å²) in [6.45, 7) is 1.83. The standard InChI is InChI=1S/C20H27NO3/c22-19(23)15-6-5-14-3-1-4-16(18(14)11-15)13-21-17-7-10-24-20(12-17)8-2-9-20/h5-6,11,16-17,21H,1-4,7-10,12-13H2,(H,22,23). The average molecular weight is 329 g/mol. The number of rotatable bonds is 4. The van der Waals surface area contributed by atoms with Crippen molar-refractivity contribution in [2.75, 3.05) is 13.2 Å². The van der Waals surface area contributed by atoms with Crippen molar-refractivity contribution in [3.05, 3.63) is 34.9 Å². The van der Waals surface area contributed by atoms with Crippen LogP contribution in [0.15, 0.2) is 18.2 Å². The molecule has 1 aliphatic heterocycles. The molecule has 1 heterocycles. The molecule has 1 saturated heterocycles. The molecular weight excluding hydrogens is 302 g/mol. The minimum atomic E-state index is -0.827. The molecule has 2 aliphatic carbocycles. The first-order chi connectivity index (χ1) is 11.7. The summed E-state index contributed by atoms with van der Waals surface area (Å²) in [5, 5.41) is 13.0. The highest BCUT2D eigenvalue weighted by atomic mass is 16.5. The number of fused-ring (bicyclic) bond motifs is 1. The molecule has 1 aromatic carbocycles. The van der Waals surface area contributed by atoms with Gasteiger partial charge < -0.3 is 15.2 Å². The van der Waals surface area contributed by atoms with Crippen LogP contribution in [0, 0.1) is 0 Å². The van der Waals surface area contributed by atoms with Crippen LogP contribution < -0.4 is 5.32 Å². The molecule has 1 aromatic rings. The lowest BCUT2D eigenvalue weighted by atomic mass is 9.73. The molecule has 0 radical (unpaired) electrons. The van der Waals surface area contributed by atoms with Gasteiger partial charge >= 0.3 is 5.97 Å². The number of aryl methyl sites for hydroxylation is 1. The Balaban J connectivity index is 1.42. The second kappa shape index (κ2) is 6.49. The van der Waals surface area contributed by atoms with Crippen molar-refractivity contribution in [1.82, 2.24) is 5.32 Å². The van der Waals surface area contributed by atoms with E-state index in [4.69, 9.17) is 4.74 Å². The van der Waals surface area contributed by atoms with Crippen LogP contribution in [0.1, 0.15) is 72.3 Å². The fourth-order valence-corrected chi connectivity index (χ4v) is 4.67. The van der Waals surface area contributed by atoms with Crippen molar-refractivity contribution in [3.63, 3.8) is 0 Å². The van der Waals surface area contributed by atoms with E-state index < -0.39 is 5.97 Å². The second-order valence-corrected chi connectivity index (χ2v) is 7.79. The molecule has 0 bridgehead atoms. The smallest absolute Gasteiger partial charge is 0.335 e. The summed E-state index contributed by atoms with van der Waals surface area (Å²) in [5.41, 5.74) is 3.18. The predicted molar refractivity (Wildman–Crippen MR) is 92.6 cm³/mol. The summed E-state index contributed by atoms with van der Waals surface area (Å²) < 4.78 is 6.02. The van der Waals surface area contributed by atoms with Gasteiger partial charge in [-0.05, 0) is 80.5 Å². The first-order valence-electron chi connectivity index (χ1n) is 9.39. The van der Waals surface area contributed by atoms with Crippen LogP contribution in [0.5, 0.6) is 0 Å². The maximum Gasteiger partial charge on any atom is 0.335 e. The molecule has 3 aliphatic rings. The molecule has 0 amide bonds. The molecule has 2 N–H and O–H groups in total. The molecule has 0 aromatic heterocycles. The van der Waals surface area contributed by atoms with Crippen molar-refractivity contribution in [2.45, 2.75) is 68.9 Å². The van der Waals surface area contributed by atoms with E-state index in [1.807, 2.05) is 12.1 Å². The Labute approximate surface area is 143 Å². The molecule has 24 heavy (non-hydrogen) atoms. The summed E-state index contributed by atoms with van der Waals surface area (Å²) in [7, 11) is 0. The summed E-state index contributed by atoms with van der Waals surface area (Å²) in [6.07, 6.45) is 9.41. The zero-order valence-corrected chi connectivity index (χ0v) is 14.2. The third-order valence-corrected chi connectivity index (χ3v) is 6.24. The van der Waals surface area contributed by atoms with Crippen LogP contribution >= 0.6 is 0 Å². The van der Waals surface area contributed by atoms with Crippen molar-refractivity contribution >= 4 is 5.97 Å². The zero-order valence-electron chi connectivity index (χ0n) is 14.2. The van der Waals surface area contributed by atoms with Gasteiger partial charge in [0.25, 0.3) is 0 Å². The maximum absolute atomic E-state index is 11.3. The van der Waals surface area contributed by atoms with E-state index in [1.165, 1.54) is 36.8 Å². The topological polar surface area (TPSA) is 58.6 Å². The number of benzene rings is 1. The number of carbonyl (C=O) groups is 1. The minimum absolute atomic E-state index is 0.177. The summed E-state index contributed by atoms with van der Waals surface area (Å²) >= 11 is 0. The van der Waals surface area contributed by atoms with E-state index in [-0.39, 0.29) is 5.60 Å². The SMILES string of the molecule is O=C(O)c1ccc2c(c1)C(CNC1CCOC3(CCC3)C1)CCC2. The fraction of sp³-hybridized carbons (Fsp3) is 0.650. The van der Waals surface area contributed by atoms with Gasteiger partial charge in [-0.1, -0.05) is 6.07 Å². The third kappa shape index (κ3) is 3.09. The van der Waals surface area contributed by atoms with Gasteiger partial charge in [0, 0.05) is 19.2 Å². The Morgan fingerprint density at radius 2 is 2.17 bits per heavy atom. The van der Waals surface area contributed by atoms with Crippen LogP contribution in [-0.4, -0.2) is 35.9 Å². The van der Waals surface area contributed by atoms with Crippen LogP contribution in [0.3, 0.4) is 0 Å². The maximum atomic E-state index is 11.3. The Kier molecular flexibility index (Phi) is 4.35. The number of hydrogen-bond donors (Lipinski definition) is 2. The van der Waals surface area contributed by atoms with E-state index >= 15 is 0 Å². The van der Waals surface area contributed by atoms with Gasteiger partial charge in [0.15, 0.2) is 0 Å². The second-order valence-electron chi connectivity index (χ2n) is 7.79. The highest BCUT2D eigenvalue weighted by molar-refractivity contribution is 5.88. The number of hydrogen-bond acceptors (Lipinski definition) is 3. The van der Waals surface area contributed by atoms with E-state index in [9.17, 15) is 9.90 Å². The largest absolute Gasteiger partial charge is 0.478 e. The number of carboxylic acids is 1. The molecule has 2 atom stereocenters. The zero-order chi connectivity index (χ0) is 16.6. The molecule has 1 spiro atoms. The van der Waals surface area contributed by atoms with Gasteiger partial charge in [0.05, 0.1) is 11.2 Å². The predicted octanol–water partition coefficient (Wildman–Crippen LogP) is 3.50. The minimum Gasteiger partial charge on any atom is -0.478 e. The Morgan fingerprint density at radius 1 is 1.29 bits per heavy atom. The average Bonchev–Trinajstić information content (AvgIpc) is 2.58. The molecule has 130 valence electrons. The number of nitrogens with one attached hydrogen (secondary N) is 1. The quantitative estimate of drug-likeness (QED) is 0.888. The van der Waals surface area contributed by atoms with Crippen molar-refractivity contribution < 1.29 is 14.6 Å². The van der Waals surface area contributed by atoms with Crippen molar-refractivity contribution in [1.29, 1.82) is 0 Å². The Morgan fingerprint density at radius 3 is 2.92 bits per heavy atom. The van der Waals surface area contributed by atoms with Gasteiger partial charge in [0.1, 0.15) is 0 Å². The molecule has 2 unspecified atom stereocenters. The molecular formula is C20H27NO3. The van der Waals surface area contributed by atoms with Gasteiger partial charge in [-0.25, -0.2) is 4.79 Å². The van der Waals surface area contributed by atoms with Gasteiger partial charge in [0.2, 0.25) is 0 Å². The first-order valence-corrected chi connectivity index (χ1v) is 9.39. The van der Waals surface area contributed by atoms with Gasteiger partial charge in [-0.15, -0.1) is 0 Å². The van der Waals surface area contributed by atoms with Crippen molar-refractivity contribution in [2.24, 2.45) is 0 Å². The molecule has 4 rings (SSSR count). The molecule has 2 fully saturated rings. The highest BCUT2D eigenvalue weighted by Gasteiger charge is 2.42. The van der Waals surface area contributed by atoms with Gasteiger partial charge in [-0.2, -0.15) is 0 Å². The number of aromatic carboxylic acids is 1. The van der Waals surface area contributed by atoms with Crippen LogP contribution in [0.25, 0.3) is 0 Å². The molecule has 1 saturated carbocycles. The summed E-state index contributed by atoms with van der Waals surface area (Å²) in [5.74, 6) is -0.389. The van der Waals surface area contributed by atoms with E-state index in [2.05, 4.69) is 5.32 Å². The van der Waals surface area contributed by atoms with Crippen LogP contribution in [-0.2, 0) is 11.2 Å². The van der Waals surface area contributed by atoms with Crippen molar-refractivity contribution in [3.8, 4) is 0 Å². The summed E-state index contributed by atoms with van der Waals surface area (Å²) in [6, 6.07) is 6.21. The number of ether oxygens (including phenoxy) is 1. The summed E-state index contributed by atoms with van der Waals surface area (Å²) in [4.78, 5) is 11.3. The van der Waals surface area contributed by atoms with Crippen LogP contribution in [0.2, 0.25) is 0 Å². The lowest BCUT2D eigenvalue weighted by molar-refractivity contribution is -0.135. The molecule has 4 heteroatoms. The highest BCUT2D eigenvalue weighted by Crippen LogP contribution is 2.42. The third-order valence-electron chi connectivity index (χ3n) is 6.24. The monoisotopic (exact) mass is 329 g/mol. The Bertz CT molecular complexity index is 623. The first kappa shape index (κ1) is 16.1. The normalized spacial score (nSPS) is 28.2. The lowest BCUT2D eigenvalue weighted by Gasteiger charge is -2.47. The molecule has 4 nitrogen and oxygen atoms in total. The van der Waals surface area contributed by atoms with E-state index in [0.29, 0.717) is 17.5 Å². The van der Waals surface area contributed by atoms with E-state index in [1.54, 1.807) is 6.07 Å². The van der Waals surface area contributed by atoms with Gasteiger partial charge in [-0.3, -0.25) is 0 Å². The fourth-order valence-electron chi connectivity index (χ4n) is 4.67. The van der Waals surface area contributed by atoms with Crippen LogP contribution in [0.4, 0.5) is 0 Å². The number of carboxylic acid groups (broad SMARTS) is 1. The van der Waals surface area contributed by atoms with E-state index in [0.717, 1.165) is 38.8 Å². The Hall–Kier alpha value is -1.39. The lowest BCUT2D eigenvalue weighted by Crippen LogP contribution is -2.51.